The predicted molar refractivity (Wildman–Crippen MR) is 128 cm³/mol. The first-order valence-electron chi connectivity index (χ1n) is 12.0. The number of piperidine rings is 1. The van der Waals surface area contributed by atoms with E-state index in [1.807, 2.05) is 52.9 Å². The van der Waals surface area contributed by atoms with E-state index in [2.05, 4.69) is 11.8 Å². The second kappa shape index (κ2) is 9.02. The third-order valence-electron chi connectivity index (χ3n) is 6.67. The fourth-order valence-corrected chi connectivity index (χ4v) is 5.04. The summed E-state index contributed by atoms with van der Waals surface area (Å²) in [6.45, 7) is 6.98. The van der Waals surface area contributed by atoms with Crippen LogP contribution in [0.2, 0.25) is 0 Å². The largest absolute Gasteiger partial charge is 0.493 e. The summed E-state index contributed by atoms with van der Waals surface area (Å²) < 4.78 is 7.57. The molecule has 3 aromatic rings. The van der Waals surface area contributed by atoms with E-state index >= 15 is 0 Å². The average Bonchev–Trinajstić information content (AvgIpc) is 3.44. The minimum Gasteiger partial charge on any atom is -0.493 e. The zero-order valence-corrected chi connectivity index (χ0v) is 19.4. The van der Waals surface area contributed by atoms with E-state index in [4.69, 9.17) is 20.6 Å². The number of fused-ring (bicyclic) bond motifs is 1. The average molecular weight is 449 g/mol. The molecule has 2 aliphatic rings. The van der Waals surface area contributed by atoms with E-state index in [1.54, 1.807) is 0 Å². The van der Waals surface area contributed by atoms with Crippen molar-refractivity contribution in [2.24, 2.45) is 5.73 Å². The maximum Gasteiger partial charge on any atom is 0.258 e. The molecule has 8 heteroatoms. The van der Waals surface area contributed by atoms with E-state index < -0.39 is 0 Å². The molecule has 33 heavy (non-hydrogen) atoms. The highest BCUT2D eigenvalue weighted by molar-refractivity contribution is 5.97. The molecule has 1 amide bonds. The Balaban J connectivity index is 1.47. The molecule has 2 aromatic heterocycles. The number of carbonyl (C=O) groups excluding carboxylic acids is 1. The lowest BCUT2D eigenvalue weighted by Crippen LogP contribution is -2.38. The number of benzene rings is 1. The van der Waals surface area contributed by atoms with E-state index in [1.165, 1.54) is 0 Å². The van der Waals surface area contributed by atoms with Crippen LogP contribution in [0, 0.1) is 6.92 Å². The predicted octanol–water partition coefficient (Wildman–Crippen LogP) is 3.34. The van der Waals surface area contributed by atoms with Crippen LogP contribution in [0.15, 0.2) is 36.5 Å². The Morgan fingerprint density at radius 3 is 2.85 bits per heavy atom. The van der Waals surface area contributed by atoms with Crippen molar-refractivity contribution >= 4 is 17.4 Å². The van der Waals surface area contributed by atoms with Crippen molar-refractivity contribution in [3.05, 3.63) is 53.3 Å². The van der Waals surface area contributed by atoms with Gasteiger partial charge in [-0.3, -0.25) is 4.79 Å². The Morgan fingerprint density at radius 2 is 2.06 bits per heavy atom. The first kappa shape index (κ1) is 21.7. The van der Waals surface area contributed by atoms with E-state index in [9.17, 15) is 4.79 Å². The zero-order chi connectivity index (χ0) is 22.9. The number of aryl methyl sites for hydroxylation is 1. The summed E-state index contributed by atoms with van der Waals surface area (Å²) in [5.41, 5.74) is 9.49. The topological polar surface area (TPSA) is 89.0 Å². The third kappa shape index (κ3) is 4.15. The van der Waals surface area contributed by atoms with Crippen LogP contribution in [0.25, 0.3) is 5.65 Å². The molecule has 2 fully saturated rings. The lowest BCUT2D eigenvalue weighted by Gasteiger charge is -2.35. The van der Waals surface area contributed by atoms with Gasteiger partial charge in [-0.2, -0.15) is 5.10 Å². The highest BCUT2D eigenvalue weighted by Gasteiger charge is 2.32. The number of aromatic nitrogens is 3. The number of nitrogens with two attached hydrogens (primary N) is 1. The SMILES string of the molecule is CCOc1ccccc1C(=O)N1CCCCC1c1cc2nc(N3CCC(N)C3)c(C)cn2n1. The van der Waals surface area contributed by atoms with Crippen LogP contribution < -0.4 is 15.4 Å². The summed E-state index contributed by atoms with van der Waals surface area (Å²) in [6.07, 6.45) is 5.96. The fraction of sp³-hybridized carbons (Fsp3) is 0.480. The van der Waals surface area contributed by atoms with Crippen LogP contribution >= 0.6 is 0 Å². The molecule has 174 valence electrons. The number of ether oxygens (including phenoxy) is 1. The summed E-state index contributed by atoms with van der Waals surface area (Å²) in [7, 11) is 0. The molecule has 0 spiro atoms. The molecule has 2 N–H and O–H groups in total. The second-order valence-electron chi connectivity index (χ2n) is 9.05. The molecule has 2 unspecified atom stereocenters. The number of hydrogen-bond acceptors (Lipinski definition) is 6. The molecular formula is C25H32N6O2. The van der Waals surface area contributed by atoms with Crippen LogP contribution in [0.3, 0.4) is 0 Å². The van der Waals surface area contributed by atoms with Crippen LogP contribution in [0.1, 0.15) is 60.3 Å². The van der Waals surface area contributed by atoms with Gasteiger partial charge in [0.15, 0.2) is 5.65 Å². The van der Waals surface area contributed by atoms with Crippen molar-refractivity contribution in [2.75, 3.05) is 31.1 Å². The van der Waals surface area contributed by atoms with Crippen LogP contribution in [0.5, 0.6) is 5.75 Å². The van der Waals surface area contributed by atoms with Gasteiger partial charge in [-0.25, -0.2) is 9.50 Å². The van der Waals surface area contributed by atoms with Gasteiger partial charge in [0.05, 0.1) is 23.9 Å². The molecule has 2 atom stereocenters. The lowest BCUT2D eigenvalue weighted by molar-refractivity contribution is 0.0601. The van der Waals surface area contributed by atoms with E-state index in [0.717, 1.165) is 61.5 Å². The smallest absolute Gasteiger partial charge is 0.258 e. The van der Waals surface area contributed by atoms with E-state index in [0.29, 0.717) is 24.5 Å². The fourth-order valence-electron chi connectivity index (χ4n) is 5.04. The highest BCUT2D eigenvalue weighted by Crippen LogP contribution is 2.34. The molecule has 5 rings (SSSR count). The van der Waals surface area contributed by atoms with Crippen molar-refractivity contribution in [1.29, 1.82) is 0 Å². The van der Waals surface area contributed by atoms with Crippen molar-refractivity contribution < 1.29 is 9.53 Å². The molecule has 2 saturated heterocycles. The number of carbonyl (C=O) groups is 1. The maximum atomic E-state index is 13.6. The van der Waals surface area contributed by atoms with Gasteiger partial charge in [0, 0.05) is 43.5 Å². The molecule has 1 aromatic carbocycles. The molecule has 2 aliphatic heterocycles. The Morgan fingerprint density at radius 1 is 1.21 bits per heavy atom. The van der Waals surface area contributed by atoms with Gasteiger partial charge in [-0.1, -0.05) is 12.1 Å². The van der Waals surface area contributed by atoms with Crippen LogP contribution in [-0.4, -0.2) is 57.7 Å². The molecule has 0 bridgehead atoms. The normalized spacial score (nSPS) is 21.1. The van der Waals surface area contributed by atoms with Gasteiger partial charge in [-0.15, -0.1) is 0 Å². The number of likely N-dealkylation sites (tertiary alicyclic amines) is 1. The van der Waals surface area contributed by atoms with Crippen molar-refractivity contribution in [1.82, 2.24) is 19.5 Å². The summed E-state index contributed by atoms with van der Waals surface area (Å²) in [5, 5.41) is 4.85. The number of amides is 1. The van der Waals surface area contributed by atoms with Gasteiger partial charge in [-0.05, 0) is 51.7 Å². The first-order valence-corrected chi connectivity index (χ1v) is 12.0. The molecule has 4 heterocycles. The molecular weight excluding hydrogens is 416 g/mol. The second-order valence-corrected chi connectivity index (χ2v) is 9.05. The first-order chi connectivity index (χ1) is 16.0. The standard InChI is InChI=1S/C25H32N6O2/c1-3-33-22-10-5-4-8-19(22)25(32)30-12-7-6-9-21(30)20-14-23-27-24(17(2)15-31(23)28-20)29-13-11-18(26)16-29/h4-5,8,10,14-15,18,21H,3,6-7,9,11-13,16,26H2,1-2H3. The maximum absolute atomic E-state index is 13.6. The molecule has 0 saturated carbocycles. The molecule has 0 radical (unpaired) electrons. The Labute approximate surface area is 194 Å². The summed E-state index contributed by atoms with van der Waals surface area (Å²) >= 11 is 0. The summed E-state index contributed by atoms with van der Waals surface area (Å²) in [6, 6.07) is 9.65. The third-order valence-corrected chi connectivity index (χ3v) is 6.67. The number of nitrogens with zero attached hydrogens (tertiary/aromatic N) is 5. The van der Waals surface area contributed by atoms with E-state index in [-0.39, 0.29) is 18.0 Å². The van der Waals surface area contributed by atoms with Crippen molar-refractivity contribution in [3.8, 4) is 5.75 Å². The lowest BCUT2D eigenvalue weighted by atomic mass is 9.98. The number of rotatable bonds is 5. The summed E-state index contributed by atoms with van der Waals surface area (Å²) in [5.74, 6) is 1.61. The van der Waals surface area contributed by atoms with Crippen molar-refractivity contribution in [3.63, 3.8) is 0 Å². The monoisotopic (exact) mass is 448 g/mol. The molecule has 0 aliphatic carbocycles. The Bertz CT molecular complexity index is 1160. The number of anilines is 1. The van der Waals surface area contributed by atoms with Crippen molar-refractivity contribution in [2.45, 2.75) is 51.6 Å². The minimum absolute atomic E-state index is 0.00307. The van der Waals surface area contributed by atoms with Gasteiger partial charge >= 0.3 is 0 Å². The van der Waals surface area contributed by atoms with Gasteiger partial charge < -0.3 is 20.3 Å². The summed E-state index contributed by atoms with van der Waals surface area (Å²) in [4.78, 5) is 22.7. The van der Waals surface area contributed by atoms with Crippen LogP contribution in [-0.2, 0) is 0 Å². The van der Waals surface area contributed by atoms with Crippen LogP contribution in [0.4, 0.5) is 5.82 Å². The van der Waals surface area contributed by atoms with Gasteiger partial charge in [0.2, 0.25) is 0 Å². The Hall–Kier alpha value is -3.13. The molecule has 8 nitrogen and oxygen atoms in total. The zero-order valence-electron chi connectivity index (χ0n) is 19.4. The number of para-hydroxylation sites is 1. The van der Waals surface area contributed by atoms with Gasteiger partial charge in [0.25, 0.3) is 5.91 Å². The van der Waals surface area contributed by atoms with Gasteiger partial charge in [0.1, 0.15) is 11.6 Å². The quantitative estimate of drug-likeness (QED) is 0.644. The Kier molecular flexibility index (Phi) is 5.93. The minimum atomic E-state index is -0.0772. The highest BCUT2D eigenvalue weighted by atomic mass is 16.5. The number of hydrogen-bond donors (Lipinski definition) is 1.